The molecule has 1 unspecified atom stereocenters. The van der Waals surface area contributed by atoms with Gasteiger partial charge in [0.25, 0.3) is 0 Å². The first kappa shape index (κ1) is 10.7. The maximum Gasteiger partial charge on any atom is 0.330 e. The fourth-order valence-corrected chi connectivity index (χ4v) is 2.59. The number of carbonyl (C=O) groups is 1. The van der Waals surface area contributed by atoms with Gasteiger partial charge in [0.15, 0.2) is 0 Å². The van der Waals surface area contributed by atoms with Crippen LogP contribution in [0.4, 0.5) is 0 Å². The molecule has 0 aliphatic carbocycles. The number of fused-ring (bicyclic) bond motifs is 1. The molecule has 0 aromatic carbocycles. The minimum Gasteiger partial charge on any atom is -0.463 e. The van der Waals surface area contributed by atoms with E-state index in [4.69, 9.17) is 4.74 Å². The molecule has 2 aliphatic rings. The Morgan fingerprint density at radius 3 is 3.27 bits per heavy atom. The predicted octanol–water partition coefficient (Wildman–Crippen LogP) is 1.73. The Hall–Kier alpha value is -0.830. The molecule has 15 heavy (non-hydrogen) atoms. The third kappa shape index (κ3) is 2.59. The highest BCUT2D eigenvalue weighted by atomic mass is 16.5. The summed E-state index contributed by atoms with van der Waals surface area (Å²) in [6.45, 7) is 4.68. The Morgan fingerprint density at radius 1 is 1.60 bits per heavy atom. The molecule has 2 saturated heterocycles. The van der Waals surface area contributed by atoms with E-state index in [0.29, 0.717) is 12.6 Å². The molecule has 2 aliphatic heterocycles. The third-order valence-electron chi connectivity index (χ3n) is 3.33. The van der Waals surface area contributed by atoms with E-state index in [-0.39, 0.29) is 5.97 Å². The first-order chi connectivity index (χ1) is 7.29. The van der Waals surface area contributed by atoms with E-state index in [1.54, 1.807) is 6.08 Å². The first-order valence-corrected chi connectivity index (χ1v) is 5.90. The second-order valence-corrected chi connectivity index (χ2v) is 4.34. The van der Waals surface area contributed by atoms with Gasteiger partial charge in [-0.3, -0.25) is 4.90 Å². The van der Waals surface area contributed by atoms with Crippen molar-refractivity contribution in [2.24, 2.45) is 0 Å². The average Bonchev–Trinajstić information content (AvgIpc) is 2.65. The SMILES string of the molecule is CCOC(=O)C=C1CCN2CCCC2C1. The van der Waals surface area contributed by atoms with E-state index in [0.717, 1.165) is 19.4 Å². The predicted molar refractivity (Wildman–Crippen MR) is 58.5 cm³/mol. The zero-order chi connectivity index (χ0) is 10.7. The molecular formula is C12H19NO2. The zero-order valence-corrected chi connectivity index (χ0v) is 9.37. The molecule has 0 saturated carbocycles. The summed E-state index contributed by atoms with van der Waals surface area (Å²) in [5.74, 6) is -0.168. The van der Waals surface area contributed by atoms with Crippen LogP contribution in [-0.4, -0.2) is 36.6 Å². The number of hydrogen-bond acceptors (Lipinski definition) is 3. The van der Waals surface area contributed by atoms with Crippen LogP contribution in [0.5, 0.6) is 0 Å². The lowest BCUT2D eigenvalue weighted by Gasteiger charge is -2.30. The lowest BCUT2D eigenvalue weighted by Crippen LogP contribution is -2.35. The number of esters is 1. The van der Waals surface area contributed by atoms with E-state index in [9.17, 15) is 4.79 Å². The second kappa shape index (κ2) is 4.79. The quantitative estimate of drug-likeness (QED) is 0.512. The van der Waals surface area contributed by atoms with E-state index >= 15 is 0 Å². The minimum atomic E-state index is -0.168. The summed E-state index contributed by atoms with van der Waals surface area (Å²) in [6, 6.07) is 0.694. The van der Waals surface area contributed by atoms with Crippen LogP contribution < -0.4 is 0 Å². The summed E-state index contributed by atoms with van der Waals surface area (Å²) < 4.78 is 4.93. The number of nitrogens with zero attached hydrogens (tertiary/aromatic N) is 1. The highest BCUT2D eigenvalue weighted by Gasteiger charge is 2.28. The van der Waals surface area contributed by atoms with Gasteiger partial charge in [-0.25, -0.2) is 4.79 Å². The van der Waals surface area contributed by atoms with Gasteiger partial charge in [-0.05, 0) is 39.2 Å². The van der Waals surface area contributed by atoms with Crippen LogP contribution >= 0.6 is 0 Å². The summed E-state index contributed by atoms with van der Waals surface area (Å²) in [6.07, 6.45) is 6.42. The number of piperidine rings is 1. The maximum atomic E-state index is 11.3. The Morgan fingerprint density at radius 2 is 2.47 bits per heavy atom. The Labute approximate surface area is 91.1 Å². The summed E-state index contributed by atoms with van der Waals surface area (Å²) in [5.41, 5.74) is 1.27. The fraction of sp³-hybridized carbons (Fsp3) is 0.750. The van der Waals surface area contributed by atoms with Crippen LogP contribution in [0.25, 0.3) is 0 Å². The number of ether oxygens (including phenoxy) is 1. The average molecular weight is 209 g/mol. The van der Waals surface area contributed by atoms with Crippen LogP contribution in [0.2, 0.25) is 0 Å². The highest BCUT2D eigenvalue weighted by Crippen LogP contribution is 2.29. The van der Waals surface area contributed by atoms with Crippen molar-refractivity contribution in [3.05, 3.63) is 11.6 Å². The van der Waals surface area contributed by atoms with Crippen LogP contribution in [-0.2, 0) is 9.53 Å². The Bertz CT molecular complexity index is 273. The molecule has 0 aromatic rings. The van der Waals surface area contributed by atoms with Gasteiger partial charge in [0.05, 0.1) is 6.61 Å². The molecule has 1 atom stereocenters. The van der Waals surface area contributed by atoms with Gasteiger partial charge < -0.3 is 4.74 Å². The molecule has 2 fully saturated rings. The van der Waals surface area contributed by atoms with Crippen LogP contribution in [0.3, 0.4) is 0 Å². The molecule has 0 N–H and O–H groups in total. The summed E-state index contributed by atoms with van der Waals surface area (Å²) in [7, 11) is 0. The lowest BCUT2D eigenvalue weighted by molar-refractivity contribution is -0.137. The van der Waals surface area contributed by atoms with Gasteiger partial charge in [-0.2, -0.15) is 0 Å². The molecule has 0 aromatic heterocycles. The number of rotatable bonds is 2. The molecule has 84 valence electrons. The maximum absolute atomic E-state index is 11.3. The van der Waals surface area contributed by atoms with Crippen molar-refractivity contribution in [3.63, 3.8) is 0 Å². The van der Waals surface area contributed by atoms with Crippen molar-refractivity contribution < 1.29 is 9.53 Å². The van der Waals surface area contributed by atoms with Gasteiger partial charge in [0.1, 0.15) is 0 Å². The molecule has 2 heterocycles. The number of carbonyl (C=O) groups excluding carboxylic acids is 1. The molecule has 0 amide bonds. The van der Waals surface area contributed by atoms with E-state index < -0.39 is 0 Å². The van der Waals surface area contributed by atoms with Crippen LogP contribution in [0, 0.1) is 0 Å². The van der Waals surface area contributed by atoms with E-state index in [1.807, 2.05) is 6.92 Å². The van der Waals surface area contributed by atoms with Crippen molar-refractivity contribution in [2.45, 2.75) is 38.6 Å². The van der Waals surface area contributed by atoms with Gasteiger partial charge in [-0.1, -0.05) is 5.57 Å². The third-order valence-corrected chi connectivity index (χ3v) is 3.33. The Kier molecular flexibility index (Phi) is 3.41. The van der Waals surface area contributed by atoms with Crippen molar-refractivity contribution in [2.75, 3.05) is 19.7 Å². The van der Waals surface area contributed by atoms with Crippen molar-refractivity contribution in [3.8, 4) is 0 Å². The molecule has 0 spiro atoms. The van der Waals surface area contributed by atoms with Gasteiger partial charge in [0, 0.05) is 18.7 Å². The summed E-state index contributed by atoms with van der Waals surface area (Å²) in [5, 5.41) is 0. The van der Waals surface area contributed by atoms with Crippen molar-refractivity contribution in [1.82, 2.24) is 4.90 Å². The van der Waals surface area contributed by atoms with Crippen molar-refractivity contribution in [1.29, 1.82) is 0 Å². The lowest BCUT2D eigenvalue weighted by atomic mass is 9.97. The van der Waals surface area contributed by atoms with Crippen molar-refractivity contribution >= 4 is 5.97 Å². The van der Waals surface area contributed by atoms with Crippen LogP contribution in [0.1, 0.15) is 32.6 Å². The monoisotopic (exact) mass is 209 g/mol. The molecule has 0 bridgehead atoms. The topological polar surface area (TPSA) is 29.5 Å². The second-order valence-electron chi connectivity index (χ2n) is 4.34. The highest BCUT2D eigenvalue weighted by molar-refractivity contribution is 5.82. The largest absolute Gasteiger partial charge is 0.463 e. The van der Waals surface area contributed by atoms with Crippen LogP contribution in [0.15, 0.2) is 11.6 Å². The molecule has 3 nitrogen and oxygen atoms in total. The smallest absolute Gasteiger partial charge is 0.330 e. The normalized spacial score (nSPS) is 29.1. The first-order valence-electron chi connectivity index (χ1n) is 5.90. The number of hydrogen-bond donors (Lipinski definition) is 0. The standard InChI is InChI=1S/C12H19NO2/c1-2-15-12(14)9-10-5-7-13-6-3-4-11(13)8-10/h9,11H,2-8H2,1H3. The van der Waals surface area contributed by atoms with Gasteiger partial charge >= 0.3 is 5.97 Å². The zero-order valence-electron chi connectivity index (χ0n) is 9.37. The van der Waals surface area contributed by atoms with E-state index in [2.05, 4.69) is 4.90 Å². The molecule has 2 rings (SSSR count). The summed E-state index contributed by atoms with van der Waals surface area (Å²) >= 11 is 0. The van der Waals surface area contributed by atoms with E-state index in [1.165, 1.54) is 25.0 Å². The molecule has 0 radical (unpaired) electrons. The van der Waals surface area contributed by atoms with Gasteiger partial charge in [0.2, 0.25) is 0 Å². The minimum absolute atomic E-state index is 0.168. The summed E-state index contributed by atoms with van der Waals surface area (Å²) in [4.78, 5) is 13.8. The fourth-order valence-electron chi connectivity index (χ4n) is 2.59. The van der Waals surface area contributed by atoms with Gasteiger partial charge in [-0.15, -0.1) is 0 Å². The molecular weight excluding hydrogens is 190 g/mol. The molecule has 3 heteroatoms. The Balaban J connectivity index is 1.91.